The predicted octanol–water partition coefficient (Wildman–Crippen LogP) is 4.26. The van der Waals surface area contributed by atoms with Gasteiger partial charge in [-0.1, -0.05) is 45.7 Å². The molecule has 2 aromatic rings. The number of hydrogen-bond acceptors (Lipinski definition) is 7. The number of thiazole rings is 1. The molecule has 1 aliphatic carbocycles. The van der Waals surface area contributed by atoms with Gasteiger partial charge < -0.3 is 10.2 Å². The lowest BCUT2D eigenvalue weighted by atomic mass is 9.76. The molecule has 1 aromatic carbocycles. The van der Waals surface area contributed by atoms with Crippen LogP contribution in [0.25, 0.3) is 10.4 Å². The number of hydrogen-bond donors (Lipinski definition) is 1. The molecule has 2 heterocycles. The Morgan fingerprint density at radius 2 is 1.83 bits per heavy atom. The molecule has 1 aliphatic heterocycles. The molecule has 4 rings (SSSR count). The van der Waals surface area contributed by atoms with Crippen LogP contribution >= 0.6 is 11.3 Å². The Hall–Kier alpha value is -2.44. The Kier molecular flexibility index (Phi) is 7.53. The van der Waals surface area contributed by atoms with E-state index in [1.165, 1.54) is 0 Å². The van der Waals surface area contributed by atoms with E-state index in [9.17, 15) is 13.2 Å². The maximum Gasteiger partial charge on any atom is 0.224 e. The number of nitrogens with zero attached hydrogens (tertiary/aromatic N) is 3. The van der Waals surface area contributed by atoms with Crippen molar-refractivity contribution < 1.29 is 13.2 Å². The van der Waals surface area contributed by atoms with E-state index in [2.05, 4.69) is 55.3 Å². The van der Waals surface area contributed by atoms with Crippen LogP contribution in [-0.4, -0.2) is 50.4 Å². The van der Waals surface area contributed by atoms with Crippen molar-refractivity contribution >= 4 is 32.8 Å². The standard InChI is InChI=1S/C26H34N4O3S2/c1-26(2,3)25-29-22(20-6-4-5-7-21(20)24(31)28-13-12-27)23(34-25)18-8-10-19(11-9-18)30-14-16-35(32,33)17-15-30/h8-11,20-21H,4-7,13-17H2,1-3H3,(H,28,31)/t20-,21-/m1/s1. The van der Waals surface area contributed by atoms with Crippen molar-refractivity contribution in [2.75, 3.05) is 36.0 Å². The highest BCUT2D eigenvalue weighted by atomic mass is 32.2. The zero-order valence-electron chi connectivity index (χ0n) is 20.7. The van der Waals surface area contributed by atoms with Gasteiger partial charge in [-0.05, 0) is 30.5 Å². The number of amides is 1. The minimum absolute atomic E-state index is 0.0248. The summed E-state index contributed by atoms with van der Waals surface area (Å²) in [7, 11) is -2.92. The van der Waals surface area contributed by atoms with E-state index in [4.69, 9.17) is 10.2 Å². The van der Waals surface area contributed by atoms with Crippen LogP contribution in [0.4, 0.5) is 5.69 Å². The highest BCUT2D eigenvalue weighted by molar-refractivity contribution is 7.91. The first-order valence-corrected chi connectivity index (χ1v) is 14.9. The van der Waals surface area contributed by atoms with Crippen molar-refractivity contribution in [1.82, 2.24) is 10.3 Å². The third kappa shape index (κ3) is 5.87. The molecule has 1 aromatic heterocycles. The summed E-state index contributed by atoms with van der Waals surface area (Å²) in [5.41, 5.74) is 2.98. The van der Waals surface area contributed by atoms with Crippen molar-refractivity contribution in [3.05, 3.63) is 35.0 Å². The first kappa shape index (κ1) is 25.6. The van der Waals surface area contributed by atoms with Crippen molar-refractivity contribution in [2.45, 2.75) is 57.8 Å². The topological polar surface area (TPSA) is 103 Å². The number of sulfone groups is 1. The predicted molar refractivity (Wildman–Crippen MR) is 140 cm³/mol. The Labute approximate surface area is 212 Å². The number of nitriles is 1. The lowest BCUT2D eigenvalue weighted by Crippen LogP contribution is -2.40. The molecule has 1 amide bonds. The molecule has 2 aliphatic rings. The summed E-state index contributed by atoms with van der Waals surface area (Å²) < 4.78 is 23.6. The van der Waals surface area contributed by atoms with E-state index in [-0.39, 0.29) is 41.2 Å². The Balaban J connectivity index is 1.66. The van der Waals surface area contributed by atoms with Gasteiger partial charge in [-0.2, -0.15) is 5.26 Å². The normalized spacial score (nSPS) is 22.4. The SMILES string of the molecule is CC(C)(C)c1nc([C@@H]2CCCC[C@H]2C(=O)NCC#N)c(-c2ccc(N3CCS(=O)(=O)CC3)cc2)s1. The molecule has 0 radical (unpaired) electrons. The molecule has 0 bridgehead atoms. The lowest BCUT2D eigenvalue weighted by molar-refractivity contribution is -0.126. The van der Waals surface area contributed by atoms with Crippen LogP contribution in [0.3, 0.4) is 0 Å². The molecular weight excluding hydrogens is 480 g/mol. The fraction of sp³-hybridized carbons (Fsp3) is 0.577. The number of anilines is 1. The second-order valence-corrected chi connectivity index (χ2v) is 13.8. The van der Waals surface area contributed by atoms with Crippen LogP contribution in [-0.2, 0) is 20.0 Å². The average Bonchev–Trinajstić information content (AvgIpc) is 3.29. The first-order chi connectivity index (χ1) is 16.6. The maximum atomic E-state index is 12.9. The Morgan fingerprint density at radius 3 is 2.46 bits per heavy atom. The number of aromatic nitrogens is 1. The van der Waals surface area contributed by atoms with E-state index in [1.54, 1.807) is 11.3 Å². The fourth-order valence-corrected chi connectivity index (χ4v) is 7.34. The molecular formula is C26H34N4O3S2. The Morgan fingerprint density at radius 1 is 1.17 bits per heavy atom. The molecule has 0 unspecified atom stereocenters. The zero-order valence-corrected chi connectivity index (χ0v) is 22.3. The van der Waals surface area contributed by atoms with E-state index >= 15 is 0 Å². The van der Waals surface area contributed by atoms with Gasteiger partial charge in [0, 0.05) is 36.0 Å². The minimum Gasteiger partial charge on any atom is -0.369 e. The van der Waals surface area contributed by atoms with Crippen LogP contribution in [0.5, 0.6) is 0 Å². The van der Waals surface area contributed by atoms with E-state index < -0.39 is 9.84 Å². The van der Waals surface area contributed by atoms with Crippen molar-refractivity contribution in [3.63, 3.8) is 0 Å². The third-order valence-electron chi connectivity index (χ3n) is 6.93. The molecule has 1 saturated heterocycles. The quantitative estimate of drug-likeness (QED) is 0.598. The van der Waals surface area contributed by atoms with Gasteiger partial charge in [0.05, 0.1) is 33.2 Å². The molecule has 1 N–H and O–H groups in total. The van der Waals surface area contributed by atoms with Gasteiger partial charge in [0.1, 0.15) is 6.54 Å². The van der Waals surface area contributed by atoms with Gasteiger partial charge in [-0.25, -0.2) is 13.4 Å². The molecule has 2 fully saturated rings. The van der Waals surface area contributed by atoms with Gasteiger partial charge in [-0.3, -0.25) is 4.79 Å². The number of nitrogens with one attached hydrogen (secondary N) is 1. The van der Waals surface area contributed by atoms with Gasteiger partial charge in [0.2, 0.25) is 5.91 Å². The summed E-state index contributed by atoms with van der Waals surface area (Å²) in [4.78, 5) is 21.3. The number of carbonyl (C=O) groups is 1. The van der Waals surface area contributed by atoms with Crippen LogP contribution in [0.15, 0.2) is 24.3 Å². The monoisotopic (exact) mass is 514 g/mol. The molecule has 188 valence electrons. The molecule has 35 heavy (non-hydrogen) atoms. The van der Waals surface area contributed by atoms with Gasteiger partial charge >= 0.3 is 0 Å². The van der Waals surface area contributed by atoms with Crippen LogP contribution < -0.4 is 10.2 Å². The van der Waals surface area contributed by atoms with E-state index in [1.807, 2.05) is 6.07 Å². The zero-order chi connectivity index (χ0) is 25.2. The first-order valence-electron chi connectivity index (χ1n) is 12.3. The molecule has 0 spiro atoms. The summed E-state index contributed by atoms with van der Waals surface area (Å²) in [6.07, 6.45) is 3.78. The summed E-state index contributed by atoms with van der Waals surface area (Å²) in [5.74, 6) is 0.180. The molecule has 2 atom stereocenters. The number of benzene rings is 1. The van der Waals surface area contributed by atoms with Crippen molar-refractivity contribution in [2.24, 2.45) is 5.92 Å². The second kappa shape index (κ2) is 10.3. The fourth-order valence-electron chi connectivity index (χ4n) is 4.93. The minimum atomic E-state index is -2.92. The molecule has 9 heteroatoms. The average molecular weight is 515 g/mol. The Bertz CT molecular complexity index is 1190. The summed E-state index contributed by atoms with van der Waals surface area (Å²) in [5, 5.41) is 12.7. The van der Waals surface area contributed by atoms with Crippen LogP contribution in [0.1, 0.15) is 63.1 Å². The van der Waals surface area contributed by atoms with E-state index in [0.717, 1.165) is 52.5 Å². The highest BCUT2D eigenvalue weighted by Crippen LogP contribution is 2.45. The summed E-state index contributed by atoms with van der Waals surface area (Å²) in [6, 6.07) is 10.3. The van der Waals surface area contributed by atoms with Crippen molar-refractivity contribution in [1.29, 1.82) is 5.26 Å². The van der Waals surface area contributed by atoms with Crippen LogP contribution in [0, 0.1) is 17.2 Å². The third-order valence-corrected chi connectivity index (χ3v) is 10.1. The second-order valence-electron chi connectivity index (χ2n) is 10.5. The largest absolute Gasteiger partial charge is 0.369 e. The van der Waals surface area contributed by atoms with E-state index in [0.29, 0.717) is 13.1 Å². The van der Waals surface area contributed by atoms with Crippen molar-refractivity contribution in [3.8, 4) is 16.5 Å². The van der Waals surface area contributed by atoms with Gasteiger partial charge in [0.15, 0.2) is 9.84 Å². The smallest absolute Gasteiger partial charge is 0.224 e. The molecule has 7 nitrogen and oxygen atoms in total. The summed E-state index contributed by atoms with van der Waals surface area (Å²) in [6.45, 7) is 7.53. The highest BCUT2D eigenvalue weighted by Gasteiger charge is 2.36. The number of rotatable bonds is 5. The van der Waals surface area contributed by atoms with Gasteiger partial charge in [0.25, 0.3) is 0 Å². The number of carbonyl (C=O) groups excluding carboxylic acids is 1. The van der Waals surface area contributed by atoms with Crippen LogP contribution in [0.2, 0.25) is 0 Å². The summed E-state index contributed by atoms with van der Waals surface area (Å²) >= 11 is 1.70. The van der Waals surface area contributed by atoms with Gasteiger partial charge in [-0.15, -0.1) is 11.3 Å². The maximum absolute atomic E-state index is 12.9. The molecule has 1 saturated carbocycles. The lowest BCUT2D eigenvalue weighted by Gasteiger charge is -2.30.